The van der Waals surface area contributed by atoms with Crippen LogP contribution in [0.3, 0.4) is 0 Å². The van der Waals surface area contributed by atoms with Crippen molar-refractivity contribution < 1.29 is 18.3 Å². The number of carbonyl (C=O) groups excluding carboxylic acids is 1. The molecule has 21 heavy (non-hydrogen) atoms. The van der Waals surface area contributed by atoms with Crippen LogP contribution in [0.2, 0.25) is 5.02 Å². The average Bonchev–Trinajstić information content (AvgIpc) is 2.47. The van der Waals surface area contributed by atoms with Gasteiger partial charge >= 0.3 is 5.97 Å². The number of nitrogens with zero attached hydrogens (tertiary/aromatic N) is 1. The molecular weight excluding hydrogens is 300 g/mol. The highest BCUT2D eigenvalue weighted by atomic mass is 35.5. The van der Waals surface area contributed by atoms with Gasteiger partial charge in [0.2, 0.25) is 0 Å². The van der Waals surface area contributed by atoms with Crippen LogP contribution in [0.15, 0.2) is 36.4 Å². The molecule has 0 atom stereocenters. The molecule has 0 radical (unpaired) electrons. The minimum atomic E-state index is -2.86. The highest BCUT2D eigenvalue weighted by Crippen LogP contribution is 2.26. The van der Waals surface area contributed by atoms with Crippen molar-refractivity contribution in [1.82, 2.24) is 4.98 Å². The molecule has 0 aliphatic rings. The second-order valence-electron chi connectivity index (χ2n) is 4.16. The standard InChI is InChI=1S/C15H12ClF2NO2/c1-2-21-15(20)11-7-8-12(19-13(11)14(17)18)9-3-5-10(16)6-4-9/h3-8,14H,2H2,1H3. The van der Waals surface area contributed by atoms with Crippen molar-refractivity contribution in [2.24, 2.45) is 0 Å². The molecule has 2 aromatic rings. The lowest BCUT2D eigenvalue weighted by molar-refractivity contribution is 0.0513. The summed E-state index contributed by atoms with van der Waals surface area (Å²) < 4.78 is 30.9. The van der Waals surface area contributed by atoms with E-state index in [9.17, 15) is 13.6 Å². The van der Waals surface area contributed by atoms with Crippen molar-refractivity contribution in [3.05, 3.63) is 52.7 Å². The van der Waals surface area contributed by atoms with Gasteiger partial charge in [-0.2, -0.15) is 0 Å². The fourth-order valence-corrected chi connectivity index (χ4v) is 1.93. The number of halogens is 3. The van der Waals surface area contributed by atoms with Gasteiger partial charge in [-0.05, 0) is 31.2 Å². The molecule has 3 nitrogen and oxygen atoms in total. The Morgan fingerprint density at radius 3 is 2.48 bits per heavy atom. The maximum absolute atomic E-state index is 13.1. The van der Waals surface area contributed by atoms with E-state index in [0.717, 1.165) is 0 Å². The zero-order valence-corrected chi connectivity index (χ0v) is 11.9. The lowest BCUT2D eigenvalue weighted by Gasteiger charge is -2.10. The van der Waals surface area contributed by atoms with Crippen molar-refractivity contribution >= 4 is 17.6 Å². The monoisotopic (exact) mass is 311 g/mol. The van der Waals surface area contributed by atoms with Crippen molar-refractivity contribution in [3.8, 4) is 11.3 Å². The van der Waals surface area contributed by atoms with E-state index in [-0.39, 0.29) is 12.2 Å². The van der Waals surface area contributed by atoms with E-state index in [2.05, 4.69) is 4.98 Å². The maximum atomic E-state index is 13.1. The lowest BCUT2D eigenvalue weighted by Crippen LogP contribution is -2.10. The summed E-state index contributed by atoms with van der Waals surface area (Å²) in [5, 5.41) is 0.538. The molecule has 0 unspecified atom stereocenters. The van der Waals surface area contributed by atoms with E-state index >= 15 is 0 Å². The molecule has 1 heterocycles. The highest BCUT2D eigenvalue weighted by Gasteiger charge is 2.21. The van der Waals surface area contributed by atoms with Crippen LogP contribution >= 0.6 is 11.6 Å². The van der Waals surface area contributed by atoms with Crippen LogP contribution in [0.1, 0.15) is 29.4 Å². The summed E-state index contributed by atoms with van der Waals surface area (Å²) in [5.74, 6) is -0.803. The number of hydrogen-bond donors (Lipinski definition) is 0. The van der Waals surface area contributed by atoms with Crippen LogP contribution in [-0.4, -0.2) is 17.6 Å². The molecule has 0 saturated carbocycles. The quantitative estimate of drug-likeness (QED) is 0.779. The minimum absolute atomic E-state index is 0.112. The van der Waals surface area contributed by atoms with Gasteiger partial charge in [0.05, 0.1) is 17.9 Å². The molecule has 0 spiro atoms. The predicted octanol–water partition coefficient (Wildman–Crippen LogP) is 4.52. The molecule has 0 aliphatic heterocycles. The van der Waals surface area contributed by atoms with Crippen molar-refractivity contribution in [3.63, 3.8) is 0 Å². The third-order valence-electron chi connectivity index (χ3n) is 2.77. The van der Waals surface area contributed by atoms with Crippen LogP contribution in [0.5, 0.6) is 0 Å². The zero-order valence-electron chi connectivity index (χ0n) is 11.1. The van der Waals surface area contributed by atoms with E-state index in [1.54, 1.807) is 31.2 Å². The van der Waals surface area contributed by atoms with E-state index in [4.69, 9.17) is 16.3 Å². The third kappa shape index (κ3) is 3.55. The Labute approximate surface area is 125 Å². The van der Waals surface area contributed by atoms with Gasteiger partial charge in [0, 0.05) is 10.6 Å². The Hall–Kier alpha value is -2.01. The number of pyridine rings is 1. The van der Waals surface area contributed by atoms with Gasteiger partial charge in [0.15, 0.2) is 0 Å². The Balaban J connectivity index is 2.45. The Morgan fingerprint density at radius 1 is 1.24 bits per heavy atom. The molecule has 0 N–H and O–H groups in total. The van der Waals surface area contributed by atoms with Gasteiger partial charge in [0.25, 0.3) is 6.43 Å². The summed E-state index contributed by atoms with van der Waals surface area (Å²) in [6, 6.07) is 9.42. The molecule has 0 saturated heterocycles. The number of hydrogen-bond acceptors (Lipinski definition) is 3. The van der Waals surface area contributed by atoms with Gasteiger partial charge in [-0.1, -0.05) is 23.7 Å². The summed E-state index contributed by atoms with van der Waals surface area (Å²) in [4.78, 5) is 15.5. The second-order valence-corrected chi connectivity index (χ2v) is 4.59. The normalized spacial score (nSPS) is 10.7. The molecule has 2 rings (SSSR count). The second kappa shape index (κ2) is 6.63. The van der Waals surface area contributed by atoms with Crippen molar-refractivity contribution in [2.75, 3.05) is 6.61 Å². The fourth-order valence-electron chi connectivity index (χ4n) is 1.80. The third-order valence-corrected chi connectivity index (χ3v) is 3.02. The highest BCUT2D eigenvalue weighted by molar-refractivity contribution is 6.30. The number of benzene rings is 1. The van der Waals surface area contributed by atoms with Crippen LogP contribution < -0.4 is 0 Å². The minimum Gasteiger partial charge on any atom is -0.462 e. The Morgan fingerprint density at radius 2 is 1.90 bits per heavy atom. The first-order chi connectivity index (χ1) is 10.0. The first-order valence-electron chi connectivity index (χ1n) is 6.25. The van der Waals surface area contributed by atoms with Crippen molar-refractivity contribution in [1.29, 1.82) is 0 Å². The average molecular weight is 312 g/mol. The van der Waals surface area contributed by atoms with E-state index in [1.807, 2.05) is 0 Å². The van der Waals surface area contributed by atoms with Crippen LogP contribution in [0.25, 0.3) is 11.3 Å². The summed E-state index contributed by atoms with van der Waals surface area (Å²) in [7, 11) is 0. The molecule has 0 bridgehead atoms. The van der Waals surface area contributed by atoms with Gasteiger partial charge in [-0.25, -0.2) is 18.6 Å². The van der Waals surface area contributed by atoms with Crippen LogP contribution in [0.4, 0.5) is 8.78 Å². The SMILES string of the molecule is CCOC(=O)c1ccc(-c2ccc(Cl)cc2)nc1C(F)F. The molecule has 1 aromatic carbocycles. The summed E-state index contributed by atoms with van der Waals surface area (Å²) in [5.41, 5.74) is 0.178. The van der Waals surface area contributed by atoms with Crippen LogP contribution in [-0.2, 0) is 4.74 Å². The first-order valence-corrected chi connectivity index (χ1v) is 6.63. The van der Waals surface area contributed by atoms with E-state index in [1.165, 1.54) is 12.1 Å². The molecule has 110 valence electrons. The fraction of sp³-hybridized carbons (Fsp3) is 0.200. The molecule has 6 heteroatoms. The zero-order chi connectivity index (χ0) is 15.4. The molecule has 0 amide bonds. The topological polar surface area (TPSA) is 39.2 Å². The maximum Gasteiger partial charge on any atom is 0.340 e. The number of aromatic nitrogens is 1. The number of rotatable bonds is 4. The van der Waals surface area contributed by atoms with E-state index in [0.29, 0.717) is 16.3 Å². The van der Waals surface area contributed by atoms with Crippen molar-refractivity contribution in [2.45, 2.75) is 13.3 Å². The van der Waals surface area contributed by atoms with E-state index < -0.39 is 18.1 Å². The Bertz CT molecular complexity index is 645. The summed E-state index contributed by atoms with van der Waals surface area (Å²) >= 11 is 5.78. The number of carbonyl (C=O) groups is 1. The van der Waals surface area contributed by atoms with Crippen LogP contribution in [0, 0.1) is 0 Å². The molecule has 0 fully saturated rings. The summed E-state index contributed by atoms with van der Waals surface area (Å²) in [6.45, 7) is 1.72. The first kappa shape index (κ1) is 15.4. The number of alkyl halides is 2. The molecule has 0 aliphatic carbocycles. The van der Waals surface area contributed by atoms with Gasteiger partial charge < -0.3 is 4.74 Å². The molecular formula is C15H12ClF2NO2. The summed E-state index contributed by atoms with van der Waals surface area (Å²) in [6.07, 6.45) is -2.86. The number of ether oxygens (including phenoxy) is 1. The van der Waals surface area contributed by atoms with Gasteiger partial charge in [-0.3, -0.25) is 0 Å². The lowest BCUT2D eigenvalue weighted by atomic mass is 10.1. The Kier molecular flexibility index (Phi) is 4.85. The van der Waals surface area contributed by atoms with Gasteiger partial charge in [-0.15, -0.1) is 0 Å². The predicted molar refractivity (Wildman–Crippen MR) is 75.6 cm³/mol. The smallest absolute Gasteiger partial charge is 0.340 e. The largest absolute Gasteiger partial charge is 0.462 e. The number of esters is 1. The van der Waals surface area contributed by atoms with Gasteiger partial charge in [0.1, 0.15) is 5.69 Å². The molecule has 1 aromatic heterocycles.